The Bertz CT molecular complexity index is 1030. The lowest BCUT2D eigenvalue weighted by Crippen LogP contribution is -2.56. The molecular formula is C28H34N2O5. The van der Waals surface area contributed by atoms with Gasteiger partial charge in [0.2, 0.25) is 5.91 Å². The molecule has 0 aromatic heterocycles. The summed E-state index contributed by atoms with van der Waals surface area (Å²) < 4.78 is 5.61. The molecule has 2 amide bonds. The van der Waals surface area contributed by atoms with Crippen LogP contribution in [-0.2, 0) is 14.3 Å². The van der Waals surface area contributed by atoms with E-state index in [2.05, 4.69) is 34.9 Å². The minimum Gasteiger partial charge on any atom is -0.481 e. The predicted molar refractivity (Wildman–Crippen MR) is 133 cm³/mol. The van der Waals surface area contributed by atoms with Gasteiger partial charge >= 0.3 is 12.1 Å². The average molecular weight is 479 g/mol. The van der Waals surface area contributed by atoms with Crippen LogP contribution in [0.25, 0.3) is 11.1 Å². The first-order chi connectivity index (χ1) is 16.9. The minimum absolute atomic E-state index is 0.0108. The molecule has 0 spiro atoms. The molecule has 4 rings (SSSR count). The van der Waals surface area contributed by atoms with Crippen LogP contribution in [0.2, 0.25) is 0 Å². The molecule has 1 fully saturated rings. The zero-order chi connectivity index (χ0) is 24.8. The van der Waals surface area contributed by atoms with Crippen molar-refractivity contribution in [2.75, 3.05) is 6.61 Å². The van der Waals surface area contributed by atoms with Gasteiger partial charge in [-0.3, -0.25) is 9.59 Å². The number of carbonyl (C=O) groups is 3. The van der Waals surface area contributed by atoms with Crippen molar-refractivity contribution in [2.24, 2.45) is 0 Å². The Morgan fingerprint density at radius 2 is 1.60 bits per heavy atom. The fraction of sp³-hybridized carbons (Fsp3) is 0.464. The number of amides is 2. The minimum atomic E-state index is -0.868. The molecule has 1 atom stereocenters. The number of carboxylic acid groups (broad SMARTS) is 1. The van der Waals surface area contributed by atoms with Gasteiger partial charge in [0.15, 0.2) is 0 Å². The fourth-order valence-electron chi connectivity index (χ4n) is 5.50. The lowest BCUT2D eigenvalue weighted by molar-refractivity contribution is -0.138. The number of carbonyl (C=O) groups excluding carboxylic acids is 2. The normalized spacial score (nSPS) is 17.1. The van der Waals surface area contributed by atoms with E-state index in [1.54, 1.807) is 0 Å². The molecule has 35 heavy (non-hydrogen) atoms. The van der Waals surface area contributed by atoms with Gasteiger partial charge in [-0.15, -0.1) is 0 Å². The van der Waals surface area contributed by atoms with Gasteiger partial charge in [-0.25, -0.2) is 4.79 Å². The van der Waals surface area contributed by atoms with Crippen molar-refractivity contribution in [2.45, 2.75) is 75.8 Å². The predicted octanol–water partition coefficient (Wildman–Crippen LogP) is 4.99. The number of nitrogens with one attached hydrogen (secondary N) is 2. The number of carboxylic acids is 1. The first-order valence-corrected chi connectivity index (χ1v) is 12.6. The smallest absolute Gasteiger partial charge is 0.407 e. The maximum atomic E-state index is 13.1. The number of benzene rings is 2. The van der Waals surface area contributed by atoms with Gasteiger partial charge in [0.1, 0.15) is 12.6 Å². The van der Waals surface area contributed by atoms with Crippen LogP contribution in [0.15, 0.2) is 48.5 Å². The molecule has 2 aliphatic carbocycles. The van der Waals surface area contributed by atoms with Crippen LogP contribution in [0, 0.1) is 0 Å². The monoisotopic (exact) mass is 478 g/mol. The molecule has 0 saturated heterocycles. The summed E-state index contributed by atoms with van der Waals surface area (Å²) in [6, 6.07) is 15.5. The van der Waals surface area contributed by atoms with Crippen LogP contribution < -0.4 is 10.6 Å². The summed E-state index contributed by atoms with van der Waals surface area (Å²) in [6.45, 7) is 2.01. The summed E-state index contributed by atoms with van der Waals surface area (Å²) in [7, 11) is 0. The first kappa shape index (κ1) is 24.8. The number of rotatable bonds is 9. The third-order valence-electron chi connectivity index (χ3n) is 7.38. The molecule has 1 unspecified atom stereocenters. The second-order valence-electron chi connectivity index (χ2n) is 9.65. The van der Waals surface area contributed by atoms with E-state index < -0.39 is 23.6 Å². The van der Waals surface area contributed by atoms with Crippen LogP contribution in [0.4, 0.5) is 4.79 Å². The van der Waals surface area contributed by atoms with Gasteiger partial charge in [0, 0.05) is 17.9 Å². The lowest BCUT2D eigenvalue weighted by atomic mass is 9.78. The average Bonchev–Trinajstić information content (AvgIpc) is 3.19. The van der Waals surface area contributed by atoms with Gasteiger partial charge in [-0.2, -0.15) is 0 Å². The van der Waals surface area contributed by atoms with Crippen molar-refractivity contribution in [3.8, 4) is 11.1 Å². The van der Waals surface area contributed by atoms with Crippen molar-refractivity contribution < 1.29 is 24.2 Å². The Kier molecular flexibility index (Phi) is 7.73. The molecule has 186 valence electrons. The van der Waals surface area contributed by atoms with E-state index >= 15 is 0 Å². The van der Waals surface area contributed by atoms with E-state index in [1.165, 1.54) is 0 Å². The highest BCUT2D eigenvalue weighted by atomic mass is 16.5. The maximum absolute atomic E-state index is 13.1. The Labute approximate surface area is 206 Å². The van der Waals surface area contributed by atoms with Crippen LogP contribution >= 0.6 is 0 Å². The van der Waals surface area contributed by atoms with Crippen LogP contribution in [-0.4, -0.2) is 41.3 Å². The zero-order valence-electron chi connectivity index (χ0n) is 20.2. The molecule has 3 N–H and O–H groups in total. The van der Waals surface area contributed by atoms with Crippen molar-refractivity contribution in [3.63, 3.8) is 0 Å². The molecule has 0 radical (unpaired) electrons. The molecule has 2 aromatic carbocycles. The maximum Gasteiger partial charge on any atom is 0.407 e. The molecule has 7 heteroatoms. The second kappa shape index (κ2) is 10.9. The summed E-state index contributed by atoms with van der Waals surface area (Å²) >= 11 is 0. The Morgan fingerprint density at radius 3 is 2.17 bits per heavy atom. The molecule has 0 aliphatic heterocycles. The van der Waals surface area contributed by atoms with Crippen LogP contribution in [0.3, 0.4) is 0 Å². The first-order valence-electron chi connectivity index (χ1n) is 12.6. The van der Waals surface area contributed by atoms with E-state index in [4.69, 9.17) is 9.84 Å². The highest BCUT2D eigenvalue weighted by Crippen LogP contribution is 2.44. The Morgan fingerprint density at radius 1 is 1.00 bits per heavy atom. The number of hydrogen-bond donors (Lipinski definition) is 3. The second-order valence-corrected chi connectivity index (χ2v) is 9.65. The molecule has 0 bridgehead atoms. The number of ether oxygens (including phenoxy) is 1. The summed E-state index contributed by atoms with van der Waals surface area (Å²) in [5.41, 5.74) is 4.04. The third-order valence-corrected chi connectivity index (χ3v) is 7.38. The number of hydrogen-bond acceptors (Lipinski definition) is 4. The van der Waals surface area contributed by atoms with Crippen molar-refractivity contribution in [1.82, 2.24) is 10.6 Å². The zero-order valence-corrected chi connectivity index (χ0v) is 20.2. The van der Waals surface area contributed by atoms with E-state index in [0.29, 0.717) is 12.8 Å². The summed E-state index contributed by atoms with van der Waals surface area (Å²) in [6.07, 6.45) is 4.70. The van der Waals surface area contributed by atoms with E-state index in [0.717, 1.165) is 54.4 Å². The van der Waals surface area contributed by atoms with Crippen molar-refractivity contribution >= 4 is 18.0 Å². The molecule has 1 saturated carbocycles. The topological polar surface area (TPSA) is 105 Å². The van der Waals surface area contributed by atoms with Crippen LogP contribution in [0.1, 0.15) is 75.3 Å². The molecule has 7 nitrogen and oxygen atoms in total. The van der Waals surface area contributed by atoms with Gasteiger partial charge in [-0.1, -0.05) is 74.7 Å². The van der Waals surface area contributed by atoms with Gasteiger partial charge < -0.3 is 20.5 Å². The van der Waals surface area contributed by atoms with E-state index in [-0.39, 0.29) is 24.9 Å². The largest absolute Gasteiger partial charge is 0.481 e. The molecule has 2 aliphatic rings. The number of alkyl carbamates (subject to hydrolysis) is 1. The Hall–Kier alpha value is -3.35. The molecule has 2 aromatic rings. The van der Waals surface area contributed by atoms with E-state index in [1.807, 2.05) is 31.2 Å². The molecular weight excluding hydrogens is 444 g/mol. The highest BCUT2D eigenvalue weighted by molar-refractivity contribution is 5.86. The van der Waals surface area contributed by atoms with Gasteiger partial charge in [-0.05, 0) is 47.9 Å². The number of fused-ring (bicyclic) bond motifs is 3. The Balaban J connectivity index is 1.37. The lowest BCUT2D eigenvalue weighted by Gasteiger charge is -2.39. The van der Waals surface area contributed by atoms with Crippen molar-refractivity contribution in [3.05, 3.63) is 59.7 Å². The summed E-state index contributed by atoms with van der Waals surface area (Å²) in [5, 5.41) is 15.0. The highest BCUT2D eigenvalue weighted by Gasteiger charge is 2.36. The standard InChI is InChI=1S/C28H34N2O5/c1-2-24(26(33)30-28(17-14-25(31)32)15-8-3-9-16-28)29-27(34)35-18-23-21-12-6-4-10-19(21)20-11-5-7-13-22(20)23/h4-7,10-13,23-24H,2-3,8-9,14-18H2,1H3,(H,29,34)(H,30,33)(H,31,32). The van der Waals surface area contributed by atoms with E-state index in [9.17, 15) is 14.4 Å². The molecule has 0 heterocycles. The van der Waals surface area contributed by atoms with Gasteiger partial charge in [0.05, 0.1) is 0 Å². The SMILES string of the molecule is CCC(NC(=O)OCC1c2ccccc2-c2ccccc21)C(=O)NC1(CCC(=O)O)CCCCC1. The van der Waals surface area contributed by atoms with Crippen LogP contribution in [0.5, 0.6) is 0 Å². The van der Waals surface area contributed by atoms with Gasteiger partial charge in [0.25, 0.3) is 0 Å². The number of aliphatic carboxylic acids is 1. The van der Waals surface area contributed by atoms with Crippen molar-refractivity contribution in [1.29, 1.82) is 0 Å². The summed E-state index contributed by atoms with van der Waals surface area (Å²) in [5.74, 6) is -1.20. The summed E-state index contributed by atoms with van der Waals surface area (Å²) in [4.78, 5) is 36.9. The third kappa shape index (κ3) is 5.66. The quantitative estimate of drug-likeness (QED) is 0.471. The fourth-order valence-corrected chi connectivity index (χ4v) is 5.50.